The lowest BCUT2D eigenvalue weighted by Crippen LogP contribution is -2.28. The fraction of sp³-hybridized carbons (Fsp3) is 0.391. The van der Waals surface area contributed by atoms with E-state index in [-0.39, 0.29) is 19.3 Å². The molecule has 1 aliphatic rings. The molecular formula is C23H27NO7. The molecule has 1 heterocycles. The van der Waals surface area contributed by atoms with Gasteiger partial charge in [0.1, 0.15) is 12.4 Å². The molecule has 2 aromatic carbocycles. The molecule has 31 heavy (non-hydrogen) atoms. The third kappa shape index (κ3) is 6.62. The van der Waals surface area contributed by atoms with E-state index < -0.39 is 11.9 Å². The van der Waals surface area contributed by atoms with Crippen molar-refractivity contribution in [1.29, 1.82) is 0 Å². The summed E-state index contributed by atoms with van der Waals surface area (Å²) in [5, 5.41) is 2.70. The van der Waals surface area contributed by atoms with Crippen LogP contribution in [0, 0.1) is 0 Å². The Morgan fingerprint density at radius 1 is 1.06 bits per heavy atom. The number of carbonyl (C=O) groups excluding carboxylic acids is 2. The van der Waals surface area contributed by atoms with Crippen molar-refractivity contribution < 1.29 is 33.3 Å². The van der Waals surface area contributed by atoms with Crippen molar-refractivity contribution in [2.75, 3.05) is 34.0 Å². The Morgan fingerprint density at radius 3 is 2.52 bits per heavy atom. The first-order chi connectivity index (χ1) is 15.1. The van der Waals surface area contributed by atoms with Gasteiger partial charge in [-0.3, -0.25) is 4.79 Å². The number of methoxy groups -OCH3 is 2. The topological polar surface area (TPSA) is 92.3 Å². The predicted molar refractivity (Wildman–Crippen MR) is 113 cm³/mol. The zero-order valence-electron chi connectivity index (χ0n) is 17.7. The summed E-state index contributed by atoms with van der Waals surface area (Å²) in [5.41, 5.74) is 1.17. The molecule has 1 unspecified atom stereocenters. The van der Waals surface area contributed by atoms with E-state index in [9.17, 15) is 9.59 Å². The van der Waals surface area contributed by atoms with Gasteiger partial charge in [0.15, 0.2) is 18.1 Å². The zero-order valence-corrected chi connectivity index (χ0v) is 17.7. The highest BCUT2D eigenvalue weighted by atomic mass is 16.5. The first-order valence-corrected chi connectivity index (χ1v) is 10.1. The fourth-order valence-electron chi connectivity index (χ4n) is 3.11. The Balaban J connectivity index is 1.40. The van der Waals surface area contributed by atoms with Crippen LogP contribution < -0.4 is 19.5 Å². The molecule has 1 amide bonds. The van der Waals surface area contributed by atoms with Crippen LogP contribution in [0.15, 0.2) is 42.5 Å². The number of benzene rings is 2. The first-order valence-electron chi connectivity index (χ1n) is 10.1. The second-order valence-corrected chi connectivity index (χ2v) is 7.01. The quantitative estimate of drug-likeness (QED) is 0.581. The highest BCUT2D eigenvalue weighted by Gasteiger charge is 2.16. The Morgan fingerprint density at radius 2 is 1.84 bits per heavy atom. The maximum atomic E-state index is 12.2. The Kier molecular flexibility index (Phi) is 8.12. The molecule has 0 bridgehead atoms. The first kappa shape index (κ1) is 22.4. The standard InChI is InChI=1S/C23H27NO7/c1-27-20-10-5-16(12-21(20)28-2)13-24-22(25)15-31-23(26)17-6-8-18(9-7-17)30-14-19-4-3-11-29-19/h5-10,12,19H,3-4,11,13-15H2,1-2H3,(H,24,25). The average molecular weight is 429 g/mol. The van der Waals surface area contributed by atoms with Crippen molar-refractivity contribution in [3.63, 3.8) is 0 Å². The lowest BCUT2D eigenvalue weighted by Gasteiger charge is -2.12. The fourth-order valence-corrected chi connectivity index (χ4v) is 3.11. The van der Waals surface area contributed by atoms with Gasteiger partial charge in [0.05, 0.1) is 25.9 Å². The number of ether oxygens (including phenoxy) is 5. The minimum Gasteiger partial charge on any atom is -0.493 e. The van der Waals surface area contributed by atoms with Crippen molar-refractivity contribution >= 4 is 11.9 Å². The summed E-state index contributed by atoms with van der Waals surface area (Å²) in [6.45, 7) is 1.17. The third-order valence-electron chi connectivity index (χ3n) is 4.82. The highest BCUT2D eigenvalue weighted by molar-refractivity contribution is 5.91. The largest absolute Gasteiger partial charge is 0.493 e. The molecule has 1 atom stereocenters. The van der Waals surface area contributed by atoms with E-state index in [4.69, 9.17) is 23.7 Å². The van der Waals surface area contributed by atoms with Gasteiger partial charge in [-0.25, -0.2) is 4.79 Å². The van der Waals surface area contributed by atoms with E-state index in [1.54, 1.807) is 50.6 Å². The lowest BCUT2D eigenvalue weighted by atomic mass is 10.2. The summed E-state index contributed by atoms with van der Waals surface area (Å²) in [6.07, 6.45) is 2.18. The van der Waals surface area contributed by atoms with Crippen LogP contribution in [-0.2, 0) is 20.8 Å². The SMILES string of the molecule is COc1ccc(CNC(=O)COC(=O)c2ccc(OCC3CCCO3)cc2)cc1OC. The molecule has 1 fully saturated rings. The van der Waals surface area contributed by atoms with Gasteiger partial charge in [0.2, 0.25) is 0 Å². The van der Waals surface area contributed by atoms with E-state index in [1.807, 2.05) is 6.07 Å². The van der Waals surface area contributed by atoms with Crippen LogP contribution >= 0.6 is 0 Å². The number of amides is 1. The molecule has 0 spiro atoms. The molecule has 1 aliphatic heterocycles. The maximum Gasteiger partial charge on any atom is 0.338 e. The van der Waals surface area contributed by atoms with Gasteiger partial charge in [0, 0.05) is 13.2 Å². The van der Waals surface area contributed by atoms with Gasteiger partial charge in [0.25, 0.3) is 5.91 Å². The Hall–Kier alpha value is -3.26. The smallest absolute Gasteiger partial charge is 0.338 e. The van der Waals surface area contributed by atoms with Gasteiger partial charge >= 0.3 is 5.97 Å². The molecule has 0 radical (unpaired) electrons. The van der Waals surface area contributed by atoms with Crippen LogP contribution in [-0.4, -0.2) is 52.0 Å². The molecular weight excluding hydrogens is 402 g/mol. The van der Waals surface area contributed by atoms with Crippen LogP contribution in [0.4, 0.5) is 0 Å². The number of esters is 1. The van der Waals surface area contributed by atoms with Crippen LogP contribution in [0.5, 0.6) is 17.2 Å². The average Bonchev–Trinajstić information content (AvgIpc) is 3.33. The van der Waals surface area contributed by atoms with Crippen molar-refractivity contribution in [1.82, 2.24) is 5.32 Å². The second-order valence-electron chi connectivity index (χ2n) is 7.01. The van der Waals surface area contributed by atoms with Gasteiger partial charge in [-0.15, -0.1) is 0 Å². The van der Waals surface area contributed by atoms with E-state index in [0.717, 1.165) is 25.0 Å². The number of carbonyl (C=O) groups is 2. The van der Waals surface area contributed by atoms with Crippen molar-refractivity contribution in [2.24, 2.45) is 0 Å². The Labute approximate surface area is 181 Å². The van der Waals surface area contributed by atoms with E-state index in [0.29, 0.717) is 29.4 Å². The van der Waals surface area contributed by atoms with Crippen molar-refractivity contribution in [2.45, 2.75) is 25.5 Å². The molecule has 8 heteroatoms. The number of hydrogen-bond acceptors (Lipinski definition) is 7. The molecule has 8 nitrogen and oxygen atoms in total. The molecule has 0 saturated carbocycles. The van der Waals surface area contributed by atoms with Crippen LogP contribution in [0.2, 0.25) is 0 Å². The molecule has 0 aliphatic carbocycles. The summed E-state index contributed by atoms with van der Waals surface area (Å²) >= 11 is 0. The molecule has 1 saturated heterocycles. The third-order valence-corrected chi connectivity index (χ3v) is 4.82. The van der Waals surface area contributed by atoms with Crippen LogP contribution in [0.3, 0.4) is 0 Å². The second kappa shape index (κ2) is 11.2. The zero-order chi connectivity index (χ0) is 22.1. The molecule has 3 rings (SSSR count). The van der Waals surface area contributed by atoms with E-state index in [1.165, 1.54) is 0 Å². The minimum absolute atomic E-state index is 0.127. The molecule has 1 N–H and O–H groups in total. The maximum absolute atomic E-state index is 12.2. The van der Waals surface area contributed by atoms with E-state index >= 15 is 0 Å². The molecule has 0 aromatic heterocycles. The van der Waals surface area contributed by atoms with Gasteiger partial charge in [-0.05, 0) is 54.8 Å². The minimum atomic E-state index is -0.577. The van der Waals surface area contributed by atoms with Gasteiger partial charge in [-0.1, -0.05) is 6.07 Å². The molecule has 2 aromatic rings. The van der Waals surface area contributed by atoms with Crippen LogP contribution in [0.1, 0.15) is 28.8 Å². The predicted octanol–water partition coefficient (Wildman–Crippen LogP) is 2.73. The molecule has 166 valence electrons. The summed E-state index contributed by atoms with van der Waals surface area (Å²) in [5.74, 6) is 0.852. The van der Waals surface area contributed by atoms with E-state index in [2.05, 4.69) is 5.32 Å². The van der Waals surface area contributed by atoms with Crippen molar-refractivity contribution in [3.8, 4) is 17.2 Å². The normalized spacial score (nSPS) is 15.2. The summed E-state index contributed by atoms with van der Waals surface area (Å²) in [6, 6.07) is 12.0. The number of hydrogen-bond donors (Lipinski definition) is 1. The van der Waals surface area contributed by atoms with Gasteiger partial charge < -0.3 is 29.0 Å². The summed E-state index contributed by atoms with van der Waals surface area (Å²) in [4.78, 5) is 24.2. The lowest BCUT2D eigenvalue weighted by molar-refractivity contribution is -0.124. The summed E-state index contributed by atoms with van der Waals surface area (Å²) in [7, 11) is 3.10. The van der Waals surface area contributed by atoms with Gasteiger partial charge in [-0.2, -0.15) is 0 Å². The van der Waals surface area contributed by atoms with Crippen molar-refractivity contribution in [3.05, 3.63) is 53.6 Å². The summed E-state index contributed by atoms with van der Waals surface area (Å²) < 4.78 is 26.7. The monoisotopic (exact) mass is 429 g/mol. The number of nitrogens with one attached hydrogen (secondary N) is 1. The highest BCUT2D eigenvalue weighted by Crippen LogP contribution is 2.27. The number of rotatable bonds is 10. The Bertz CT molecular complexity index is 876. The van der Waals surface area contributed by atoms with Crippen LogP contribution in [0.25, 0.3) is 0 Å².